The van der Waals surface area contributed by atoms with E-state index in [9.17, 15) is 4.79 Å². The standard InChI is InChI=1S/C7H12O.C6H9Cl/c1-5(2)6(3)7(4)8;1-4-5-6(2,3)7/h1-4H3;1-3H3. The Kier molecular flexibility index (Phi) is 8.38. The molecule has 0 spiro atoms. The van der Waals surface area contributed by atoms with E-state index in [2.05, 4.69) is 11.8 Å². The smallest absolute Gasteiger partial charge is 0.155 e. The molecular formula is C13H21ClO. The molecule has 0 aromatic carbocycles. The molecule has 0 N–H and O–H groups in total. The lowest BCUT2D eigenvalue weighted by molar-refractivity contribution is -0.113. The van der Waals surface area contributed by atoms with Crippen molar-refractivity contribution in [2.24, 2.45) is 0 Å². The first kappa shape index (κ1) is 16.7. The van der Waals surface area contributed by atoms with Gasteiger partial charge in [0.15, 0.2) is 5.78 Å². The number of Topliss-reactive ketones (excluding diaryl/α,β-unsaturated/α-hetero) is 1. The number of carbonyl (C=O) groups is 1. The summed E-state index contributed by atoms with van der Waals surface area (Å²) in [6.07, 6.45) is 0. The summed E-state index contributed by atoms with van der Waals surface area (Å²) in [5.74, 6) is 5.70. The van der Waals surface area contributed by atoms with Gasteiger partial charge in [0.25, 0.3) is 0 Å². The first-order valence-electron chi connectivity index (χ1n) is 4.89. The molecule has 0 saturated heterocycles. The molecule has 0 rings (SSSR count). The zero-order chi connectivity index (χ0) is 12.6. The molecule has 0 unspecified atom stereocenters. The summed E-state index contributed by atoms with van der Waals surface area (Å²) < 4.78 is 0. The fraction of sp³-hybridized carbons (Fsp3) is 0.615. The van der Waals surface area contributed by atoms with Crippen LogP contribution in [0.1, 0.15) is 48.5 Å². The molecular weight excluding hydrogens is 208 g/mol. The minimum atomic E-state index is -0.339. The predicted molar refractivity (Wildman–Crippen MR) is 68.1 cm³/mol. The Labute approximate surface area is 98.9 Å². The van der Waals surface area contributed by atoms with Crippen molar-refractivity contribution in [3.05, 3.63) is 11.1 Å². The second-order valence-electron chi connectivity index (χ2n) is 4.03. The van der Waals surface area contributed by atoms with E-state index in [1.54, 1.807) is 13.8 Å². The zero-order valence-corrected chi connectivity index (χ0v) is 11.5. The third kappa shape index (κ3) is 13.3. The first-order valence-corrected chi connectivity index (χ1v) is 5.27. The van der Waals surface area contributed by atoms with Gasteiger partial charge in [0.1, 0.15) is 0 Å². The number of hydrogen-bond acceptors (Lipinski definition) is 1. The molecule has 0 saturated carbocycles. The van der Waals surface area contributed by atoms with Gasteiger partial charge in [-0.1, -0.05) is 11.5 Å². The molecule has 0 fully saturated rings. The van der Waals surface area contributed by atoms with Crippen LogP contribution in [0.25, 0.3) is 0 Å². The minimum Gasteiger partial charge on any atom is -0.295 e. The lowest BCUT2D eigenvalue weighted by Crippen LogP contribution is -2.04. The molecule has 0 aromatic rings. The van der Waals surface area contributed by atoms with Gasteiger partial charge in [-0.05, 0) is 54.0 Å². The van der Waals surface area contributed by atoms with E-state index in [4.69, 9.17) is 11.6 Å². The lowest BCUT2D eigenvalue weighted by atomic mass is 10.1. The van der Waals surface area contributed by atoms with Crippen molar-refractivity contribution in [1.82, 2.24) is 0 Å². The van der Waals surface area contributed by atoms with Crippen molar-refractivity contribution in [2.45, 2.75) is 53.3 Å². The number of alkyl halides is 1. The van der Waals surface area contributed by atoms with Crippen LogP contribution in [0.5, 0.6) is 0 Å². The van der Waals surface area contributed by atoms with Crippen molar-refractivity contribution >= 4 is 17.4 Å². The van der Waals surface area contributed by atoms with E-state index in [1.807, 2.05) is 34.6 Å². The van der Waals surface area contributed by atoms with E-state index in [-0.39, 0.29) is 10.7 Å². The molecule has 0 aliphatic rings. The van der Waals surface area contributed by atoms with Gasteiger partial charge in [0.2, 0.25) is 0 Å². The van der Waals surface area contributed by atoms with E-state index >= 15 is 0 Å². The number of carbonyl (C=O) groups excluding carboxylic acids is 1. The Balaban J connectivity index is 0. The largest absolute Gasteiger partial charge is 0.295 e. The van der Waals surface area contributed by atoms with Gasteiger partial charge in [-0.3, -0.25) is 4.79 Å². The number of ketones is 1. The summed E-state index contributed by atoms with van der Waals surface area (Å²) in [5, 5.41) is 0. The fourth-order valence-electron chi connectivity index (χ4n) is 0.649. The van der Waals surface area contributed by atoms with Crippen LogP contribution < -0.4 is 0 Å². The normalized spacial score (nSPS) is 9.07. The molecule has 15 heavy (non-hydrogen) atoms. The van der Waals surface area contributed by atoms with Crippen molar-refractivity contribution in [3.8, 4) is 11.8 Å². The Morgan fingerprint density at radius 3 is 1.53 bits per heavy atom. The quantitative estimate of drug-likeness (QED) is 0.377. The van der Waals surface area contributed by atoms with E-state index in [1.165, 1.54) is 0 Å². The second kappa shape index (κ2) is 7.54. The van der Waals surface area contributed by atoms with Gasteiger partial charge >= 0.3 is 0 Å². The molecule has 0 radical (unpaired) electrons. The van der Waals surface area contributed by atoms with Crippen LogP contribution in [-0.4, -0.2) is 10.7 Å². The maximum atomic E-state index is 10.5. The molecule has 0 atom stereocenters. The zero-order valence-electron chi connectivity index (χ0n) is 10.8. The van der Waals surface area contributed by atoms with E-state index in [0.717, 1.165) is 11.1 Å². The number of halogens is 1. The van der Waals surface area contributed by atoms with Gasteiger partial charge in [-0.2, -0.15) is 0 Å². The number of allylic oxidation sites excluding steroid dienone is 2. The molecule has 0 amide bonds. The second-order valence-corrected chi connectivity index (χ2v) is 4.97. The van der Waals surface area contributed by atoms with Crippen LogP contribution in [-0.2, 0) is 4.79 Å². The van der Waals surface area contributed by atoms with Crippen LogP contribution in [0.15, 0.2) is 11.1 Å². The van der Waals surface area contributed by atoms with Gasteiger partial charge in [-0.25, -0.2) is 0 Å². The summed E-state index contributed by atoms with van der Waals surface area (Å²) in [7, 11) is 0. The lowest BCUT2D eigenvalue weighted by Gasteiger charge is -2.02. The fourth-order valence-corrected chi connectivity index (χ4v) is 0.744. The predicted octanol–water partition coefficient (Wildman–Crippen LogP) is 3.96. The van der Waals surface area contributed by atoms with Gasteiger partial charge in [0.05, 0.1) is 4.87 Å². The Morgan fingerprint density at radius 1 is 1.13 bits per heavy atom. The topological polar surface area (TPSA) is 17.1 Å². The van der Waals surface area contributed by atoms with Crippen molar-refractivity contribution in [2.75, 3.05) is 0 Å². The Bertz CT molecular complexity index is 291. The molecule has 0 heterocycles. The summed E-state index contributed by atoms with van der Waals surface area (Å²) in [6, 6.07) is 0. The minimum absolute atomic E-state index is 0.171. The number of rotatable bonds is 1. The monoisotopic (exact) mass is 228 g/mol. The van der Waals surface area contributed by atoms with Gasteiger partial charge < -0.3 is 0 Å². The van der Waals surface area contributed by atoms with Crippen molar-refractivity contribution < 1.29 is 4.79 Å². The maximum absolute atomic E-state index is 10.5. The highest BCUT2D eigenvalue weighted by Gasteiger charge is 2.05. The highest BCUT2D eigenvalue weighted by Crippen LogP contribution is 2.08. The molecule has 86 valence electrons. The Morgan fingerprint density at radius 2 is 1.53 bits per heavy atom. The highest BCUT2D eigenvalue weighted by molar-refractivity contribution is 6.25. The summed E-state index contributed by atoms with van der Waals surface area (Å²) >= 11 is 5.66. The molecule has 0 aliphatic carbocycles. The van der Waals surface area contributed by atoms with Crippen LogP contribution in [0.4, 0.5) is 0 Å². The van der Waals surface area contributed by atoms with E-state index in [0.29, 0.717) is 0 Å². The van der Waals surface area contributed by atoms with Crippen LogP contribution in [0, 0.1) is 11.8 Å². The third-order valence-electron chi connectivity index (χ3n) is 1.70. The van der Waals surface area contributed by atoms with Crippen LogP contribution >= 0.6 is 11.6 Å². The average molecular weight is 229 g/mol. The van der Waals surface area contributed by atoms with Gasteiger partial charge in [0, 0.05) is 0 Å². The Hall–Kier alpha value is -0.740. The summed E-state index contributed by atoms with van der Waals surface area (Å²) in [5.41, 5.74) is 1.99. The highest BCUT2D eigenvalue weighted by atomic mass is 35.5. The first-order chi connectivity index (χ1) is 6.61. The van der Waals surface area contributed by atoms with Crippen LogP contribution in [0.2, 0.25) is 0 Å². The van der Waals surface area contributed by atoms with Crippen molar-refractivity contribution in [1.29, 1.82) is 0 Å². The van der Waals surface area contributed by atoms with Crippen molar-refractivity contribution in [3.63, 3.8) is 0 Å². The summed E-state index contributed by atoms with van der Waals surface area (Å²) in [4.78, 5) is 10.2. The molecule has 2 heteroatoms. The number of hydrogen-bond donors (Lipinski definition) is 0. The average Bonchev–Trinajstić information content (AvgIpc) is 2.01. The molecule has 0 aromatic heterocycles. The summed E-state index contributed by atoms with van der Waals surface area (Å²) in [6.45, 7) is 12.8. The molecule has 0 bridgehead atoms. The van der Waals surface area contributed by atoms with Gasteiger partial charge in [-0.15, -0.1) is 17.5 Å². The maximum Gasteiger partial charge on any atom is 0.155 e. The van der Waals surface area contributed by atoms with E-state index < -0.39 is 0 Å². The van der Waals surface area contributed by atoms with Crippen LogP contribution in [0.3, 0.4) is 0 Å². The SMILES string of the molecule is CC#CC(C)(C)Cl.CC(=O)C(C)=C(C)C. The molecule has 1 nitrogen and oxygen atoms in total. The molecule has 0 aliphatic heterocycles. The third-order valence-corrected chi connectivity index (χ3v) is 1.79.